The van der Waals surface area contributed by atoms with Crippen molar-refractivity contribution >= 4 is 33.4 Å². The van der Waals surface area contributed by atoms with Gasteiger partial charge < -0.3 is 5.73 Å². The number of hydrogen-bond donors (Lipinski definition) is 1. The van der Waals surface area contributed by atoms with E-state index in [9.17, 15) is 0 Å². The van der Waals surface area contributed by atoms with Gasteiger partial charge in [-0.1, -0.05) is 11.8 Å². The van der Waals surface area contributed by atoms with Crippen LogP contribution in [-0.2, 0) is 0 Å². The molecule has 0 amide bonds. The molecule has 2 N–H and O–H groups in total. The molecule has 76 valence electrons. The Morgan fingerprint density at radius 3 is 2.40 bits per heavy atom. The molecule has 2 nitrogen and oxygen atoms in total. The van der Waals surface area contributed by atoms with E-state index >= 15 is 0 Å². The Hall–Kier alpha value is -1.00. The first-order valence-corrected chi connectivity index (χ1v) is 6.00. The van der Waals surface area contributed by atoms with Crippen LogP contribution >= 0.6 is 27.7 Å². The number of pyridine rings is 1. The number of nitrogens with zero attached hydrogens (tertiary/aromatic N) is 1. The number of benzene rings is 1. The monoisotopic (exact) mass is 280 g/mol. The van der Waals surface area contributed by atoms with Gasteiger partial charge in [-0.2, -0.15) is 0 Å². The topological polar surface area (TPSA) is 38.9 Å². The van der Waals surface area contributed by atoms with Crippen LogP contribution in [0.5, 0.6) is 0 Å². The summed E-state index contributed by atoms with van der Waals surface area (Å²) in [7, 11) is 0. The second-order valence-electron chi connectivity index (χ2n) is 2.99. The van der Waals surface area contributed by atoms with Gasteiger partial charge in [0.2, 0.25) is 0 Å². The third kappa shape index (κ3) is 2.97. The summed E-state index contributed by atoms with van der Waals surface area (Å²) in [6.07, 6.45) is 1.79. The molecule has 0 fully saturated rings. The van der Waals surface area contributed by atoms with Gasteiger partial charge in [-0.3, -0.25) is 0 Å². The normalized spacial score (nSPS) is 10.2. The second-order valence-corrected chi connectivity index (χ2v) is 5.00. The molecule has 0 atom stereocenters. The van der Waals surface area contributed by atoms with Crippen LogP contribution in [0.25, 0.3) is 0 Å². The van der Waals surface area contributed by atoms with Crippen LogP contribution in [0.1, 0.15) is 0 Å². The van der Waals surface area contributed by atoms with Gasteiger partial charge in [-0.25, -0.2) is 4.98 Å². The van der Waals surface area contributed by atoms with Crippen molar-refractivity contribution in [2.24, 2.45) is 0 Å². The molecule has 4 heteroatoms. The fourth-order valence-electron chi connectivity index (χ4n) is 1.08. The fourth-order valence-corrected chi connectivity index (χ4v) is 2.07. The minimum absolute atomic E-state index is 0.781. The standard InChI is InChI=1S/C11H9BrN2S/c12-8-1-6-11(14-7-8)15-10-4-2-9(13)3-5-10/h1-7H,13H2. The van der Waals surface area contributed by atoms with Crippen LogP contribution in [0.15, 0.2) is 57.0 Å². The SMILES string of the molecule is Nc1ccc(Sc2ccc(Br)cn2)cc1. The maximum atomic E-state index is 5.61. The molecule has 1 aromatic carbocycles. The Morgan fingerprint density at radius 1 is 1.07 bits per heavy atom. The Kier molecular flexibility index (Phi) is 3.28. The van der Waals surface area contributed by atoms with E-state index in [1.165, 1.54) is 0 Å². The van der Waals surface area contributed by atoms with E-state index in [1.54, 1.807) is 18.0 Å². The average molecular weight is 281 g/mol. The number of anilines is 1. The molecule has 0 saturated heterocycles. The average Bonchev–Trinajstić information content (AvgIpc) is 2.25. The Morgan fingerprint density at radius 2 is 1.80 bits per heavy atom. The zero-order valence-electron chi connectivity index (χ0n) is 7.85. The lowest BCUT2D eigenvalue weighted by Crippen LogP contribution is -1.83. The van der Waals surface area contributed by atoms with Gasteiger partial charge in [-0.05, 0) is 52.3 Å². The Labute approximate surface area is 101 Å². The molecular formula is C11H9BrN2S. The van der Waals surface area contributed by atoms with Crippen LogP contribution in [0.3, 0.4) is 0 Å². The van der Waals surface area contributed by atoms with Crippen molar-refractivity contribution in [3.8, 4) is 0 Å². The molecule has 2 aromatic rings. The first-order chi connectivity index (χ1) is 7.24. The van der Waals surface area contributed by atoms with Crippen molar-refractivity contribution in [3.05, 3.63) is 47.1 Å². The fraction of sp³-hybridized carbons (Fsp3) is 0. The Bertz CT molecular complexity index is 396. The van der Waals surface area contributed by atoms with E-state index in [1.807, 2.05) is 36.4 Å². The maximum absolute atomic E-state index is 5.61. The van der Waals surface area contributed by atoms with Crippen molar-refractivity contribution in [3.63, 3.8) is 0 Å². The molecule has 0 radical (unpaired) electrons. The van der Waals surface area contributed by atoms with Crippen LogP contribution < -0.4 is 5.73 Å². The van der Waals surface area contributed by atoms with E-state index in [0.29, 0.717) is 0 Å². The van der Waals surface area contributed by atoms with Gasteiger partial charge in [0.05, 0.1) is 0 Å². The zero-order chi connectivity index (χ0) is 10.7. The third-order valence-electron chi connectivity index (χ3n) is 1.80. The third-order valence-corrected chi connectivity index (χ3v) is 3.23. The summed E-state index contributed by atoms with van der Waals surface area (Å²) in [6.45, 7) is 0. The van der Waals surface area contributed by atoms with Crippen LogP contribution in [-0.4, -0.2) is 4.98 Å². The summed E-state index contributed by atoms with van der Waals surface area (Å²) >= 11 is 4.97. The second kappa shape index (κ2) is 4.68. The molecule has 15 heavy (non-hydrogen) atoms. The molecule has 0 aliphatic rings. The van der Waals surface area contributed by atoms with E-state index in [-0.39, 0.29) is 0 Å². The summed E-state index contributed by atoms with van der Waals surface area (Å²) in [5.41, 5.74) is 6.39. The predicted octanol–water partition coefficient (Wildman–Crippen LogP) is 3.58. The van der Waals surface area contributed by atoms with E-state index in [2.05, 4.69) is 20.9 Å². The van der Waals surface area contributed by atoms with Crippen molar-refractivity contribution in [1.29, 1.82) is 0 Å². The van der Waals surface area contributed by atoms with E-state index in [0.717, 1.165) is 20.1 Å². The lowest BCUT2D eigenvalue weighted by atomic mass is 10.3. The van der Waals surface area contributed by atoms with Crippen LogP contribution in [0, 0.1) is 0 Å². The van der Waals surface area contributed by atoms with E-state index in [4.69, 9.17) is 5.73 Å². The van der Waals surface area contributed by atoms with Gasteiger partial charge in [-0.15, -0.1) is 0 Å². The number of nitrogens with two attached hydrogens (primary N) is 1. The molecule has 1 aromatic heterocycles. The number of hydrogen-bond acceptors (Lipinski definition) is 3. The molecule has 1 heterocycles. The number of nitrogen functional groups attached to an aromatic ring is 1. The van der Waals surface area contributed by atoms with Crippen LogP contribution in [0.2, 0.25) is 0 Å². The van der Waals surface area contributed by atoms with Gasteiger partial charge in [0.15, 0.2) is 0 Å². The first-order valence-electron chi connectivity index (χ1n) is 4.39. The molecule has 0 saturated carbocycles. The molecule has 2 rings (SSSR count). The number of aromatic nitrogens is 1. The molecular weight excluding hydrogens is 272 g/mol. The van der Waals surface area contributed by atoms with Gasteiger partial charge in [0.1, 0.15) is 5.03 Å². The molecule has 0 aliphatic carbocycles. The highest BCUT2D eigenvalue weighted by Gasteiger charge is 1.98. The summed E-state index contributed by atoms with van der Waals surface area (Å²) in [4.78, 5) is 5.42. The van der Waals surface area contributed by atoms with Crippen molar-refractivity contribution < 1.29 is 0 Å². The molecule has 0 spiro atoms. The molecule has 0 aliphatic heterocycles. The zero-order valence-corrected chi connectivity index (χ0v) is 10.3. The van der Waals surface area contributed by atoms with Crippen molar-refractivity contribution in [1.82, 2.24) is 4.98 Å². The van der Waals surface area contributed by atoms with Gasteiger partial charge in [0, 0.05) is 21.3 Å². The minimum atomic E-state index is 0.781. The summed E-state index contributed by atoms with van der Waals surface area (Å²) < 4.78 is 0.990. The van der Waals surface area contributed by atoms with E-state index < -0.39 is 0 Å². The predicted molar refractivity (Wildman–Crippen MR) is 66.9 cm³/mol. The smallest absolute Gasteiger partial charge is 0.101 e. The van der Waals surface area contributed by atoms with Crippen LogP contribution in [0.4, 0.5) is 5.69 Å². The van der Waals surface area contributed by atoms with Gasteiger partial charge in [0.25, 0.3) is 0 Å². The maximum Gasteiger partial charge on any atom is 0.101 e. The quantitative estimate of drug-likeness (QED) is 0.855. The summed E-state index contributed by atoms with van der Waals surface area (Å²) in [5, 5.41) is 0.975. The lowest BCUT2D eigenvalue weighted by molar-refractivity contribution is 1.12. The Balaban J connectivity index is 2.15. The first kappa shape index (κ1) is 10.5. The van der Waals surface area contributed by atoms with Crippen molar-refractivity contribution in [2.75, 3.05) is 5.73 Å². The highest BCUT2D eigenvalue weighted by atomic mass is 79.9. The lowest BCUT2D eigenvalue weighted by Gasteiger charge is -2.01. The number of halogens is 1. The highest BCUT2D eigenvalue weighted by molar-refractivity contribution is 9.10. The summed E-state index contributed by atoms with van der Waals surface area (Å²) in [6, 6.07) is 11.7. The number of rotatable bonds is 2. The summed E-state index contributed by atoms with van der Waals surface area (Å²) in [5.74, 6) is 0. The minimum Gasteiger partial charge on any atom is -0.399 e. The van der Waals surface area contributed by atoms with Crippen molar-refractivity contribution in [2.45, 2.75) is 9.92 Å². The highest BCUT2D eigenvalue weighted by Crippen LogP contribution is 2.26. The van der Waals surface area contributed by atoms with Gasteiger partial charge >= 0.3 is 0 Å². The molecule has 0 bridgehead atoms. The molecule has 0 unspecified atom stereocenters. The largest absolute Gasteiger partial charge is 0.399 e.